The van der Waals surface area contributed by atoms with Crippen LogP contribution in [0.3, 0.4) is 0 Å². The first kappa shape index (κ1) is 16.5. The molecule has 0 spiro atoms. The maximum absolute atomic E-state index is 14.0. The summed E-state index contributed by atoms with van der Waals surface area (Å²) in [5.41, 5.74) is 4.18. The quantitative estimate of drug-likeness (QED) is 0.611. The summed E-state index contributed by atoms with van der Waals surface area (Å²) in [7, 11) is 0. The van der Waals surface area contributed by atoms with Crippen LogP contribution in [0.5, 0.6) is 0 Å². The van der Waals surface area contributed by atoms with Crippen LogP contribution < -0.4 is 0 Å². The van der Waals surface area contributed by atoms with Gasteiger partial charge in [-0.25, -0.2) is 0 Å². The van der Waals surface area contributed by atoms with Gasteiger partial charge in [0.1, 0.15) is 0 Å². The van der Waals surface area contributed by atoms with E-state index in [2.05, 4.69) is 86.7 Å². The minimum atomic E-state index is -0.384. The van der Waals surface area contributed by atoms with Crippen LogP contribution in [0.25, 0.3) is 5.57 Å². The van der Waals surface area contributed by atoms with Gasteiger partial charge in [-0.15, -0.1) is 0 Å². The number of Topliss-reactive ketones (excluding diaryl/α,β-unsaturated/α-hetero) is 1. The second-order valence-corrected chi connectivity index (χ2v) is 9.41. The molecule has 140 valence electrons. The SMILES string of the molecule is CC1=C(c2ccccc2)[C@]2(c3ccccc3)[C@@H]3C=C[C@@H]([C@H]4CC[C@@H]43)[C@]2(C)C1=O. The van der Waals surface area contributed by atoms with Crippen molar-refractivity contribution in [2.24, 2.45) is 29.1 Å². The summed E-state index contributed by atoms with van der Waals surface area (Å²) in [5, 5.41) is 0. The Hall–Kier alpha value is -2.41. The van der Waals surface area contributed by atoms with Crippen LogP contribution in [0, 0.1) is 29.1 Å². The molecule has 0 saturated heterocycles. The van der Waals surface area contributed by atoms with E-state index >= 15 is 0 Å². The standard InChI is InChI=1S/C27H26O/c1-17-24(18-9-5-3-6-10-18)27(19-11-7-4-8-12-19)23-16-15-22(20-13-14-21(20)23)26(27,2)25(17)28/h3-12,15-16,20-23H,13-14H2,1-2H3/t20-,21-,22-,23+,26+,27-/m0/s1. The minimum absolute atomic E-state index is 0.252. The first-order chi connectivity index (χ1) is 13.6. The molecule has 0 aliphatic heterocycles. The van der Waals surface area contributed by atoms with Gasteiger partial charge in [0.05, 0.1) is 5.41 Å². The van der Waals surface area contributed by atoms with E-state index in [1.165, 1.54) is 29.5 Å². The Kier molecular flexibility index (Phi) is 3.16. The zero-order chi connectivity index (χ0) is 19.1. The third-order valence-electron chi connectivity index (χ3n) is 8.69. The second-order valence-electron chi connectivity index (χ2n) is 9.41. The van der Waals surface area contributed by atoms with Crippen LogP contribution in [-0.4, -0.2) is 5.78 Å². The van der Waals surface area contributed by atoms with Crippen molar-refractivity contribution in [3.63, 3.8) is 0 Å². The van der Waals surface area contributed by atoms with Crippen LogP contribution in [0.15, 0.2) is 78.4 Å². The smallest absolute Gasteiger partial charge is 0.166 e. The van der Waals surface area contributed by atoms with Crippen molar-refractivity contribution in [2.75, 3.05) is 0 Å². The summed E-state index contributed by atoms with van der Waals surface area (Å²) in [6.07, 6.45) is 7.47. The lowest BCUT2D eigenvalue weighted by Crippen LogP contribution is -2.66. The molecule has 2 aromatic carbocycles. The maximum atomic E-state index is 14.0. The molecule has 2 fully saturated rings. The zero-order valence-electron chi connectivity index (χ0n) is 16.6. The lowest BCUT2D eigenvalue weighted by Gasteiger charge is -2.67. The van der Waals surface area contributed by atoms with Crippen molar-refractivity contribution < 1.29 is 4.79 Å². The summed E-state index contributed by atoms with van der Waals surface area (Å²) in [6, 6.07) is 21.6. The molecular formula is C27H26O. The third kappa shape index (κ3) is 1.61. The van der Waals surface area contributed by atoms with Crippen LogP contribution in [-0.2, 0) is 10.2 Å². The maximum Gasteiger partial charge on any atom is 0.166 e. The fourth-order valence-corrected chi connectivity index (χ4v) is 7.61. The van der Waals surface area contributed by atoms with Gasteiger partial charge in [-0.3, -0.25) is 4.79 Å². The lowest BCUT2D eigenvalue weighted by molar-refractivity contribution is -0.146. The molecule has 1 nitrogen and oxygen atoms in total. The molecule has 0 heterocycles. The molecule has 6 atom stereocenters. The molecule has 2 saturated carbocycles. The number of benzene rings is 2. The highest BCUT2D eigenvalue weighted by atomic mass is 16.1. The number of carbonyl (C=O) groups is 1. The Balaban J connectivity index is 1.73. The van der Waals surface area contributed by atoms with E-state index in [-0.39, 0.29) is 10.8 Å². The Bertz CT molecular complexity index is 1030. The second kappa shape index (κ2) is 5.35. The van der Waals surface area contributed by atoms with E-state index in [9.17, 15) is 4.79 Å². The van der Waals surface area contributed by atoms with Gasteiger partial charge in [0.15, 0.2) is 5.78 Å². The Morgan fingerprint density at radius 2 is 1.39 bits per heavy atom. The fourth-order valence-electron chi connectivity index (χ4n) is 7.61. The van der Waals surface area contributed by atoms with E-state index in [4.69, 9.17) is 0 Å². The Morgan fingerprint density at radius 3 is 2.04 bits per heavy atom. The van der Waals surface area contributed by atoms with Gasteiger partial charge in [0, 0.05) is 5.41 Å². The van der Waals surface area contributed by atoms with Gasteiger partial charge in [-0.2, -0.15) is 0 Å². The monoisotopic (exact) mass is 366 g/mol. The highest BCUT2D eigenvalue weighted by Gasteiger charge is 2.74. The lowest BCUT2D eigenvalue weighted by atomic mass is 9.34. The summed E-state index contributed by atoms with van der Waals surface area (Å²) in [6.45, 7) is 4.37. The van der Waals surface area contributed by atoms with Crippen molar-refractivity contribution in [3.8, 4) is 0 Å². The zero-order valence-corrected chi connectivity index (χ0v) is 16.6. The average molecular weight is 367 g/mol. The first-order valence-corrected chi connectivity index (χ1v) is 10.7. The molecule has 0 N–H and O–H groups in total. The molecule has 5 aliphatic rings. The van der Waals surface area contributed by atoms with Gasteiger partial charge >= 0.3 is 0 Å². The highest BCUT2D eigenvalue weighted by Crippen LogP contribution is 2.76. The molecular weight excluding hydrogens is 340 g/mol. The Morgan fingerprint density at radius 1 is 0.821 bits per heavy atom. The van der Waals surface area contributed by atoms with Crippen LogP contribution in [0.2, 0.25) is 0 Å². The van der Waals surface area contributed by atoms with E-state index in [0.717, 1.165) is 5.57 Å². The Labute approximate surface area is 167 Å². The van der Waals surface area contributed by atoms with Crippen molar-refractivity contribution in [1.29, 1.82) is 0 Å². The van der Waals surface area contributed by atoms with Crippen LogP contribution in [0.1, 0.15) is 37.8 Å². The molecule has 0 unspecified atom stereocenters. The molecule has 2 bridgehead atoms. The highest BCUT2D eigenvalue weighted by molar-refractivity contribution is 6.15. The number of ketones is 1. The topological polar surface area (TPSA) is 17.1 Å². The minimum Gasteiger partial charge on any atom is -0.294 e. The van der Waals surface area contributed by atoms with Crippen molar-refractivity contribution in [2.45, 2.75) is 32.1 Å². The van der Waals surface area contributed by atoms with E-state index in [0.29, 0.717) is 29.5 Å². The molecule has 0 aromatic heterocycles. The third-order valence-corrected chi connectivity index (χ3v) is 8.69. The number of hydrogen-bond donors (Lipinski definition) is 0. The largest absolute Gasteiger partial charge is 0.294 e. The summed E-state index contributed by atoms with van der Waals surface area (Å²) in [5.74, 6) is 2.52. The predicted octanol–water partition coefficient (Wildman–Crippen LogP) is 5.83. The molecule has 28 heavy (non-hydrogen) atoms. The number of hydrogen-bond acceptors (Lipinski definition) is 1. The van der Waals surface area contributed by atoms with E-state index < -0.39 is 0 Å². The number of rotatable bonds is 2. The van der Waals surface area contributed by atoms with Crippen molar-refractivity contribution in [3.05, 3.63) is 89.5 Å². The summed E-state index contributed by atoms with van der Waals surface area (Å²) in [4.78, 5) is 14.0. The molecule has 5 aliphatic carbocycles. The van der Waals surface area contributed by atoms with E-state index in [1.807, 2.05) is 0 Å². The molecule has 0 amide bonds. The normalized spacial score (nSPS) is 40.3. The van der Waals surface area contributed by atoms with Crippen molar-refractivity contribution in [1.82, 2.24) is 0 Å². The van der Waals surface area contributed by atoms with Crippen LogP contribution >= 0.6 is 0 Å². The van der Waals surface area contributed by atoms with Gasteiger partial charge in [-0.05, 0) is 65.7 Å². The summed E-state index contributed by atoms with van der Waals surface area (Å²) < 4.78 is 0. The molecule has 1 heteroatoms. The van der Waals surface area contributed by atoms with Gasteiger partial charge < -0.3 is 0 Å². The number of allylic oxidation sites excluding steroid dienone is 4. The number of carbonyl (C=O) groups excluding carboxylic acids is 1. The van der Waals surface area contributed by atoms with Crippen molar-refractivity contribution >= 4 is 11.4 Å². The van der Waals surface area contributed by atoms with Gasteiger partial charge in [0.25, 0.3) is 0 Å². The fraction of sp³-hybridized carbons (Fsp3) is 0.370. The predicted molar refractivity (Wildman–Crippen MR) is 113 cm³/mol. The van der Waals surface area contributed by atoms with E-state index in [1.54, 1.807) is 0 Å². The molecule has 0 radical (unpaired) electrons. The average Bonchev–Trinajstić information content (AvgIpc) is 2.90. The molecule has 2 aromatic rings. The first-order valence-electron chi connectivity index (χ1n) is 10.7. The summed E-state index contributed by atoms with van der Waals surface area (Å²) >= 11 is 0. The van der Waals surface area contributed by atoms with Crippen LogP contribution in [0.4, 0.5) is 0 Å². The van der Waals surface area contributed by atoms with Gasteiger partial charge in [-0.1, -0.05) is 79.7 Å². The molecule has 7 rings (SSSR count). The van der Waals surface area contributed by atoms with Gasteiger partial charge in [0.2, 0.25) is 0 Å².